The molecule has 0 aromatic heterocycles. The van der Waals surface area contributed by atoms with Crippen LogP contribution in [-0.2, 0) is 9.53 Å². The van der Waals surface area contributed by atoms with Gasteiger partial charge in [-0.05, 0) is 41.0 Å². The van der Waals surface area contributed by atoms with Crippen molar-refractivity contribution in [2.24, 2.45) is 11.8 Å². The second-order valence-corrected chi connectivity index (χ2v) is 7.54. The van der Waals surface area contributed by atoms with Crippen molar-refractivity contribution in [2.45, 2.75) is 12.0 Å². The largest absolute Gasteiger partial charge is 0.493 e. The van der Waals surface area contributed by atoms with Crippen LogP contribution in [0, 0.1) is 11.8 Å². The second-order valence-electron chi connectivity index (χ2n) is 7.54. The van der Waals surface area contributed by atoms with Gasteiger partial charge in [0.25, 0.3) is 0 Å². The number of rotatable bonds is 6. The maximum Gasteiger partial charge on any atom is 0.310 e. The molecule has 0 spiro atoms. The zero-order valence-electron chi connectivity index (χ0n) is 18.1. The van der Waals surface area contributed by atoms with Gasteiger partial charge in [-0.3, -0.25) is 4.79 Å². The van der Waals surface area contributed by atoms with Crippen LogP contribution in [-0.4, -0.2) is 53.2 Å². The molecular weight excluding hydrogens is 404 g/mol. The van der Waals surface area contributed by atoms with Crippen LogP contribution in [0.15, 0.2) is 24.3 Å². The number of aliphatic hydroxyl groups is 1. The van der Waals surface area contributed by atoms with Crippen LogP contribution < -0.4 is 23.7 Å². The highest BCUT2D eigenvalue weighted by molar-refractivity contribution is 5.79. The molecule has 1 fully saturated rings. The average Bonchev–Trinajstić information content (AvgIpc) is 3.19. The van der Waals surface area contributed by atoms with E-state index in [0.717, 1.165) is 11.1 Å². The fourth-order valence-electron chi connectivity index (χ4n) is 4.75. The quantitative estimate of drug-likeness (QED) is 0.700. The lowest BCUT2D eigenvalue weighted by Gasteiger charge is -2.37. The Hall–Kier alpha value is -3.13. The first-order chi connectivity index (χ1) is 15.0. The molecule has 1 N–H and O–H groups in total. The van der Waals surface area contributed by atoms with Crippen molar-refractivity contribution in [3.05, 3.63) is 41.0 Å². The molecule has 8 nitrogen and oxygen atoms in total. The number of carbonyl (C=O) groups excluding carboxylic acids is 1. The second kappa shape index (κ2) is 8.19. The van der Waals surface area contributed by atoms with Crippen LogP contribution in [0.1, 0.15) is 28.7 Å². The molecule has 4 atom stereocenters. The summed E-state index contributed by atoms with van der Waals surface area (Å²) in [5.41, 5.74) is 2.22. The Morgan fingerprint density at radius 1 is 0.806 bits per heavy atom. The minimum atomic E-state index is -0.871. The van der Waals surface area contributed by atoms with Gasteiger partial charge in [-0.15, -0.1) is 0 Å². The zero-order chi connectivity index (χ0) is 22.3. The average molecular weight is 430 g/mol. The summed E-state index contributed by atoms with van der Waals surface area (Å²) < 4.78 is 32.8. The first-order valence-electron chi connectivity index (χ1n) is 9.89. The topological polar surface area (TPSA) is 92.7 Å². The third-order valence-electron chi connectivity index (χ3n) is 6.21. The number of esters is 1. The number of fused-ring (bicyclic) bond motifs is 2. The molecular formula is C23H26O8. The van der Waals surface area contributed by atoms with E-state index in [4.69, 9.17) is 28.4 Å². The van der Waals surface area contributed by atoms with Gasteiger partial charge in [0.1, 0.15) is 0 Å². The summed E-state index contributed by atoms with van der Waals surface area (Å²) in [5.74, 6) is 0.729. The maximum absolute atomic E-state index is 12.8. The number of carbonyl (C=O) groups is 1. The molecule has 2 aliphatic rings. The van der Waals surface area contributed by atoms with Crippen molar-refractivity contribution in [3.8, 4) is 28.7 Å². The number of hydrogen-bond acceptors (Lipinski definition) is 8. The molecule has 0 radical (unpaired) electrons. The molecule has 166 valence electrons. The molecule has 4 rings (SSSR count). The smallest absolute Gasteiger partial charge is 0.310 e. The fourth-order valence-corrected chi connectivity index (χ4v) is 4.75. The lowest BCUT2D eigenvalue weighted by Crippen LogP contribution is -2.34. The summed E-state index contributed by atoms with van der Waals surface area (Å²) in [6.45, 7) is 0.152. The number of cyclic esters (lactones) is 1. The minimum absolute atomic E-state index is 0.152. The molecule has 1 aliphatic carbocycles. The highest BCUT2D eigenvalue weighted by Crippen LogP contribution is 2.55. The first-order valence-corrected chi connectivity index (χ1v) is 9.89. The fraction of sp³-hybridized carbons (Fsp3) is 0.435. The molecule has 8 heteroatoms. The van der Waals surface area contributed by atoms with Crippen LogP contribution in [0.2, 0.25) is 0 Å². The Balaban J connectivity index is 1.98. The summed E-state index contributed by atoms with van der Waals surface area (Å²) in [6, 6.07) is 7.23. The normalized spacial score (nSPS) is 24.0. The van der Waals surface area contributed by atoms with Gasteiger partial charge in [-0.2, -0.15) is 0 Å². The molecule has 2 aromatic carbocycles. The minimum Gasteiger partial charge on any atom is -0.493 e. The van der Waals surface area contributed by atoms with E-state index in [1.54, 1.807) is 34.5 Å². The lowest BCUT2D eigenvalue weighted by molar-refractivity contribution is -0.141. The summed E-state index contributed by atoms with van der Waals surface area (Å²) in [5, 5.41) is 11.1. The van der Waals surface area contributed by atoms with E-state index in [0.29, 0.717) is 34.3 Å². The number of methoxy groups -OCH3 is 5. The van der Waals surface area contributed by atoms with Gasteiger partial charge in [-0.25, -0.2) is 0 Å². The summed E-state index contributed by atoms with van der Waals surface area (Å²) in [4.78, 5) is 12.8. The molecule has 0 bridgehead atoms. The van der Waals surface area contributed by atoms with Crippen molar-refractivity contribution in [1.82, 2.24) is 0 Å². The molecule has 1 aliphatic heterocycles. The third kappa shape index (κ3) is 3.22. The van der Waals surface area contributed by atoms with Crippen LogP contribution in [0.25, 0.3) is 0 Å². The van der Waals surface area contributed by atoms with Crippen LogP contribution in [0.3, 0.4) is 0 Å². The summed E-state index contributed by atoms with van der Waals surface area (Å²) in [6.07, 6.45) is -0.871. The van der Waals surface area contributed by atoms with Gasteiger partial charge in [0.15, 0.2) is 23.0 Å². The van der Waals surface area contributed by atoms with Gasteiger partial charge >= 0.3 is 5.97 Å². The van der Waals surface area contributed by atoms with Crippen molar-refractivity contribution in [3.63, 3.8) is 0 Å². The summed E-state index contributed by atoms with van der Waals surface area (Å²) in [7, 11) is 7.71. The Morgan fingerprint density at radius 2 is 1.35 bits per heavy atom. The summed E-state index contributed by atoms with van der Waals surface area (Å²) >= 11 is 0. The van der Waals surface area contributed by atoms with Gasteiger partial charge < -0.3 is 33.5 Å². The highest BCUT2D eigenvalue weighted by atomic mass is 16.5. The number of ether oxygens (including phenoxy) is 6. The predicted molar refractivity (Wildman–Crippen MR) is 110 cm³/mol. The lowest BCUT2D eigenvalue weighted by atomic mass is 9.66. The third-order valence-corrected chi connectivity index (χ3v) is 6.21. The van der Waals surface area contributed by atoms with Crippen LogP contribution >= 0.6 is 0 Å². The van der Waals surface area contributed by atoms with E-state index >= 15 is 0 Å². The van der Waals surface area contributed by atoms with Crippen molar-refractivity contribution in [1.29, 1.82) is 0 Å². The molecule has 1 saturated heterocycles. The van der Waals surface area contributed by atoms with E-state index < -0.39 is 17.9 Å². The number of hydrogen-bond donors (Lipinski definition) is 1. The molecule has 1 heterocycles. The van der Waals surface area contributed by atoms with Gasteiger partial charge in [0, 0.05) is 11.8 Å². The van der Waals surface area contributed by atoms with Gasteiger partial charge in [0.2, 0.25) is 5.75 Å². The zero-order valence-corrected chi connectivity index (χ0v) is 18.1. The molecule has 0 unspecified atom stereocenters. The SMILES string of the molecule is COc1cc2c(cc1OC)[C@@H](O)[C@H]1COC(=O)[C@@H]1[C@@H]2c1cc(OC)c(OC)c(OC)c1. The molecule has 0 amide bonds. The van der Waals surface area contributed by atoms with Crippen LogP contribution in [0.4, 0.5) is 0 Å². The van der Waals surface area contributed by atoms with E-state index in [9.17, 15) is 9.90 Å². The molecule has 2 aromatic rings. The Morgan fingerprint density at radius 3 is 1.87 bits per heavy atom. The Bertz CT molecular complexity index is 976. The van der Waals surface area contributed by atoms with Crippen LogP contribution in [0.5, 0.6) is 28.7 Å². The maximum atomic E-state index is 12.8. The van der Waals surface area contributed by atoms with E-state index in [-0.39, 0.29) is 18.5 Å². The van der Waals surface area contributed by atoms with E-state index in [1.807, 2.05) is 18.2 Å². The standard InChI is InChI=1S/C23H26O8/c1-26-15-8-12-13(9-16(15)27-2)21(24)14-10-31-23(25)20(14)19(12)11-6-17(28-3)22(30-5)18(7-11)29-4/h6-9,14,19-21,24H,10H2,1-5H3/t14-,19+,20-,21+/m0/s1. The van der Waals surface area contributed by atoms with Gasteiger partial charge in [-0.1, -0.05) is 0 Å². The number of benzene rings is 2. The van der Waals surface area contributed by atoms with Crippen molar-refractivity contribution >= 4 is 5.97 Å². The van der Waals surface area contributed by atoms with Gasteiger partial charge in [0.05, 0.1) is 54.2 Å². The van der Waals surface area contributed by atoms with E-state index in [1.165, 1.54) is 7.11 Å². The Labute approximate surface area is 180 Å². The Kier molecular flexibility index (Phi) is 5.58. The highest BCUT2D eigenvalue weighted by Gasteiger charge is 2.52. The number of aliphatic hydroxyl groups excluding tert-OH is 1. The predicted octanol–water partition coefficient (Wildman–Crippen LogP) is 2.70. The molecule has 0 saturated carbocycles. The molecule has 31 heavy (non-hydrogen) atoms. The van der Waals surface area contributed by atoms with Crippen molar-refractivity contribution in [2.75, 3.05) is 42.2 Å². The van der Waals surface area contributed by atoms with E-state index in [2.05, 4.69) is 0 Å². The van der Waals surface area contributed by atoms with Crippen molar-refractivity contribution < 1.29 is 38.3 Å². The first kappa shape index (κ1) is 21.1. The monoisotopic (exact) mass is 430 g/mol.